The monoisotopic (exact) mass is 214 g/mol. The van der Waals surface area contributed by atoms with Crippen molar-refractivity contribution in [2.24, 2.45) is 5.92 Å². The van der Waals surface area contributed by atoms with Gasteiger partial charge in [0.05, 0.1) is 0 Å². The molecule has 1 aliphatic rings. The van der Waals surface area contributed by atoms with Gasteiger partial charge in [0.1, 0.15) is 0 Å². The molecule has 0 aromatic carbocycles. The van der Waals surface area contributed by atoms with Gasteiger partial charge < -0.3 is 15.0 Å². The maximum absolute atomic E-state index is 5.15. The third kappa shape index (κ3) is 4.96. The fourth-order valence-corrected chi connectivity index (χ4v) is 2.18. The van der Waals surface area contributed by atoms with Crippen LogP contribution in [0.2, 0.25) is 0 Å². The largest absolute Gasteiger partial charge is 0.385 e. The molecule has 0 saturated carbocycles. The van der Waals surface area contributed by atoms with E-state index < -0.39 is 0 Å². The highest BCUT2D eigenvalue weighted by atomic mass is 16.5. The van der Waals surface area contributed by atoms with E-state index in [-0.39, 0.29) is 0 Å². The van der Waals surface area contributed by atoms with Crippen molar-refractivity contribution in [3.05, 3.63) is 0 Å². The first-order chi connectivity index (χ1) is 7.24. The van der Waals surface area contributed by atoms with Crippen LogP contribution in [0.1, 0.15) is 26.7 Å². The van der Waals surface area contributed by atoms with E-state index in [0.29, 0.717) is 6.04 Å². The highest BCUT2D eigenvalue weighted by molar-refractivity contribution is 4.73. The number of nitrogens with one attached hydrogen (secondary N) is 1. The normalized spacial score (nSPS) is 27.0. The van der Waals surface area contributed by atoms with Crippen molar-refractivity contribution in [2.45, 2.75) is 32.7 Å². The fourth-order valence-electron chi connectivity index (χ4n) is 2.18. The van der Waals surface area contributed by atoms with Crippen molar-refractivity contribution < 1.29 is 4.74 Å². The summed E-state index contributed by atoms with van der Waals surface area (Å²) in [4.78, 5) is 2.62. The molecule has 0 spiro atoms. The summed E-state index contributed by atoms with van der Waals surface area (Å²) in [5, 5.41) is 3.49. The molecule has 15 heavy (non-hydrogen) atoms. The second-order valence-electron chi connectivity index (χ2n) is 4.79. The minimum atomic E-state index is 0.658. The molecule has 0 bridgehead atoms. The van der Waals surface area contributed by atoms with Gasteiger partial charge in [0, 0.05) is 26.3 Å². The maximum atomic E-state index is 5.15. The van der Waals surface area contributed by atoms with Gasteiger partial charge in [0.25, 0.3) is 0 Å². The smallest absolute Gasteiger partial charge is 0.0477 e. The Morgan fingerprint density at radius 2 is 2.33 bits per heavy atom. The Hall–Kier alpha value is -0.120. The van der Waals surface area contributed by atoms with Crippen LogP contribution in [-0.2, 0) is 4.74 Å². The van der Waals surface area contributed by atoms with Gasteiger partial charge in [-0.05, 0) is 45.3 Å². The molecule has 2 unspecified atom stereocenters. The zero-order valence-corrected chi connectivity index (χ0v) is 10.5. The van der Waals surface area contributed by atoms with Gasteiger partial charge >= 0.3 is 0 Å². The highest BCUT2D eigenvalue weighted by Gasteiger charge is 2.17. The van der Waals surface area contributed by atoms with Gasteiger partial charge in [-0.25, -0.2) is 0 Å². The van der Waals surface area contributed by atoms with E-state index in [4.69, 9.17) is 4.74 Å². The Kier molecular flexibility index (Phi) is 6.22. The van der Waals surface area contributed by atoms with Crippen molar-refractivity contribution in [1.82, 2.24) is 10.2 Å². The van der Waals surface area contributed by atoms with Gasteiger partial charge in [0.15, 0.2) is 0 Å². The molecule has 0 amide bonds. The van der Waals surface area contributed by atoms with Gasteiger partial charge in [-0.3, -0.25) is 0 Å². The van der Waals surface area contributed by atoms with Crippen LogP contribution in [-0.4, -0.2) is 50.8 Å². The van der Waals surface area contributed by atoms with Gasteiger partial charge in [0.2, 0.25) is 0 Å². The lowest BCUT2D eigenvalue weighted by Gasteiger charge is -2.33. The standard InChI is InChI=1S/C12H26N2O/c1-11-9-13-6-4-7-14(10-11)12(2)5-8-15-3/h11-13H,4-10H2,1-3H3. The van der Waals surface area contributed by atoms with Gasteiger partial charge in [-0.15, -0.1) is 0 Å². The lowest BCUT2D eigenvalue weighted by molar-refractivity contribution is 0.120. The molecular formula is C12H26N2O. The molecule has 0 aliphatic carbocycles. The molecule has 90 valence electrons. The summed E-state index contributed by atoms with van der Waals surface area (Å²) in [6.07, 6.45) is 2.42. The summed E-state index contributed by atoms with van der Waals surface area (Å²) in [5.41, 5.74) is 0. The third-order valence-electron chi connectivity index (χ3n) is 3.20. The first-order valence-electron chi connectivity index (χ1n) is 6.17. The molecular weight excluding hydrogens is 188 g/mol. The topological polar surface area (TPSA) is 24.5 Å². The predicted octanol–water partition coefficient (Wildman–Crippen LogP) is 1.34. The van der Waals surface area contributed by atoms with E-state index in [1.54, 1.807) is 7.11 Å². The van der Waals surface area contributed by atoms with Crippen molar-refractivity contribution >= 4 is 0 Å². The average Bonchev–Trinajstić information content (AvgIpc) is 2.19. The van der Waals surface area contributed by atoms with E-state index in [1.807, 2.05) is 0 Å². The quantitative estimate of drug-likeness (QED) is 0.764. The summed E-state index contributed by atoms with van der Waals surface area (Å²) < 4.78 is 5.15. The average molecular weight is 214 g/mol. The Morgan fingerprint density at radius 3 is 3.07 bits per heavy atom. The molecule has 0 aromatic rings. The van der Waals surface area contributed by atoms with E-state index in [1.165, 1.54) is 19.5 Å². The second kappa shape index (κ2) is 7.20. The lowest BCUT2D eigenvalue weighted by Crippen LogP contribution is -2.43. The van der Waals surface area contributed by atoms with Crippen LogP contribution in [0, 0.1) is 5.92 Å². The number of rotatable bonds is 4. The molecule has 0 radical (unpaired) electrons. The minimum absolute atomic E-state index is 0.658. The molecule has 0 aromatic heterocycles. The molecule has 2 atom stereocenters. The molecule has 1 rings (SSSR count). The molecule has 1 saturated heterocycles. The van der Waals surface area contributed by atoms with Crippen LogP contribution < -0.4 is 5.32 Å². The Balaban J connectivity index is 2.34. The van der Waals surface area contributed by atoms with Crippen molar-refractivity contribution in [3.63, 3.8) is 0 Å². The number of hydrogen-bond acceptors (Lipinski definition) is 3. The second-order valence-corrected chi connectivity index (χ2v) is 4.79. The number of ether oxygens (including phenoxy) is 1. The summed E-state index contributed by atoms with van der Waals surface area (Å²) >= 11 is 0. The third-order valence-corrected chi connectivity index (χ3v) is 3.20. The first kappa shape index (κ1) is 12.9. The fraction of sp³-hybridized carbons (Fsp3) is 1.00. The zero-order valence-electron chi connectivity index (χ0n) is 10.5. The van der Waals surface area contributed by atoms with Crippen LogP contribution >= 0.6 is 0 Å². The number of methoxy groups -OCH3 is 1. The van der Waals surface area contributed by atoms with Crippen molar-refractivity contribution in [1.29, 1.82) is 0 Å². The SMILES string of the molecule is COCCC(C)N1CCCNCC(C)C1. The number of nitrogens with zero attached hydrogens (tertiary/aromatic N) is 1. The molecule has 1 N–H and O–H groups in total. The van der Waals surface area contributed by atoms with Crippen LogP contribution in [0.5, 0.6) is 0 Å². The van der Waals surface area contributed by atoms with Crippen LogP contribution in [0.3, 0.4) is 0 Å². The van der Waals surface area contributed by atoms with Crippen molar-refractivity contribution in [2.75, 3.05) is 39.9 Å². The van der Waals surface area contributed by atoms with Crippen LogP contribution in [0.25, 0.3) is 0 Å². The molecule has 3 nitrogen and oxygen atoms in total. The van der Waals surface area contributed by atoms with E-state index >= 15 is 0 Å². The van der Waals surface area contributed by atoms with Crippen LogP contribution in [0.15, 0.2) is 0 Å². The van der Waals surface area contributed by atoms with E-state index in [0.717, 1.165) is 32.0 Å². The summed E-state index contributed by atoms with van der Waals surface area (Å²) in [5.74, 6) is 0.760. The summed E-state index contributed by atoms with van der Waals surface area (Å²) in [6.45, 7) is 10.3. The van der Waals surface area contributed by atoms with Crippen LogP contribution in [0.4, 0.5) is 0 Å². The highest BCUT2D eigenvalue weighted by Crippen LogP contribution is 2.10. The van der Waals surface area contributed by atoms with Gasteiger partial charge in [-0.1, -0.05) is 6.92 Å². The van der Waals surface area contributed by atoms with E-state index in [2.05, 4.69) is 24.1 Å². The summed E-state index contributed by atoms with van der Waals surface area (Å²) in [6, 6.07) is 0.658. The molecule has 3 heteroatoms. The van der Waals surface area contributed by atoms with Gasteiger partial charge in [-0.2, -0.15) is 0 Å². The van der Waals surface area contributed by atoms with E-state index in [9.17, 15) is 0 Å². The lowest BCUT2D eigenvalue weighted by atomic mass is 10.1. The number of hydrogen-bond donors (Lipinski definition) is 1. The Bertz CT molecular complexity index is 164. The molecule has 1 fully saturated rings. The summed E-state index contributed by atoms with van der Waals surface area (Å²) in [7, 11) is 1.78. The molecule has 1 heterocycles. The molecule has 1 aliphatic heterocycles. The first-order valence-corrected chi connectivity index (χ1v) is 6.17. The Morgan fingerprint density at radius 1 is 1.53 bits per heavy atom. The minimum Gasteiger partial charge on any atom is -0.385 e. The van der Waals surface area contributed by atoms with Crippen molar-refractivity contribution in [3.8, 4) is 0 Å². The maximum Gasteiger partial charge on any atom is 0.0477 e. The Labute approximate surface area is 94.2 Å². The predicted molar refractivity (Wildman–Crippen MR) is 64.2 cm³/mol. The zero-order chi connectivity index (χ0) is 11.1.